The molecular weight excluding hydrogens is 216 g/mol. The molecule has 0 saturated carbocycles. The summed E-state index contributed by atoms with van der Waals surface area (Å²) in [7, 11) is 0. The van der Waals surface area contributed by atoms with E-state index in [0.29, 0.717) is 0 Å². The van der Waals surface area contributed by atoms with Gasteiger partial charge in [0, 0.05) is 16.1 Å². The van der Waals surface area contributed by atoms with Gasteiger partial charge in [-0.05, 0) is 55.0 Å². The highest BCUT2D eigenvalue weighted by atomic mass is 35.5. The zero-order chi connectivity index (χ0) is 11.4. The van der Waals surface area contributed by atoms with Crippen LogP contribution in [0.3, 0.4) is 0 Å². The smallest absolute Gasteiger partial charge is 0.0406 e. The molecule has 0 nitrogen and oxygen atoms in total. The highest BCUT2D eigenvalue weighted by molar-refractivity contribution is 6.30. The fourth-order valence-electron chi connectivity index (χ4n) is 1.34. The number of aryl methyl sites for hydroxylation is 1. The third-order valence-electron chi connectivity index (χ3n) is 2.13. The second-order valence-electron chi connectivity index (χ2n) is 3.56. The van der Waals surface area contributed by atoms with Crippen LogP contribution < -0.4 is 0 Å². The van der Waals surface area contributed by atoms with E-state index in [4.69, 9.17) is 11.6 Å². The molecule has 0 heterocycles. The summed E-state index contributed by atoms with van der Waals surface area (Å²) in [5, 5.41) is 0.731. The van der Waals surface area contributed by atoms with Crippen LogP contribution in [0, 0.1) is 24.8 Å². The highest BCUT2D eigenvalue weighted by Gasteiger charge is 1.89. The maximum Gasteiger partial charge on any atom is 0.0406 e. The van der Waals surface area contributed by atoms with Crippen LogP contribution >= 0.6 is 11.6 Å². The van der Waals surface area contributed by atoms with Gasteiger partial charge in [-0.1, -0.05) is 29.5 Å². The first-order chi connectivity index (χ1) is 7.74. The maximum atomic E-state index is 5.80. The van der Waals surface area contributed by atoms with Crippen LogP contribution in [0.4, 0.5) is 0 Å². The molecule has 0 unspecified atom stereocenters. The Morgan fingerprint density at radius 1 is 1.00 bits per heavy atom. The van der Waals surface area contributed by atoms with E-state index >= 15 is 0 Å². The summed E-state index contributed by atoms with van der Waals surface area (Å²) in [5.74, 6) is 6.18. The number of rotatable bonds is 0. The van der Waals surface area contributed by atoms with Crippen molar-refractivity contribution in [1.82, 2.24) is 0 Å². The second kappa shape index (κ2) is 4.88. The lowest BCUT2D eigenvalue weighted by molar-refractivity contribution is 1.45. The van der Waals surface area contributed by atoms with Crippen molar-refractivity contribution in [2.75, 3.05) is 0 Å². The zero-order valence-electron chi connectivity index (χ0n) is 8.92. The summed E-state index contributed by atoms with van der Waals surface area (Å²) in [6, 6.07) is 16.4. The molecule has 0 aromatic heterocycles. The summed E-state index contributed by atoms with van der Waals surface area (Å²) in [5.41, 5.74) is 3.11. The van der Waals surface area contributed by atoms with Gasteiger partial charge in [-0.25, -0.2) is 0 Å². The standard InChI is InChI=1S/C15H10Cl/c1-12-3-2-4-14(11-12)6-5-13-7-9-15(16)10-8-13/h3-4,7-11H,1H3. The Bertz CT molecular complexity index is 542. The van der Waals surface area contributed by atoms with E-state index in [2.05, 4.69) is 17.9 Å². The Kier molecular flexibility index (Phi) is 3.29. The average Bonchev–Trinajstić information content (AvgIpc) is 2.28. The first-order valence-electron chi connectivity index (χ1n) is 4.99. The topological polar surface area (TPSA) is 0 Å². The fourth-order valence-corrected chi connectivity index (χ4v) is 1.47. The normalized spacial score (nSPS) is 9.38. The van der Waals surface area contributed by atoms with Crippen molar-refractivity contribution in [1.29, 1.82) is 0 Å². The van der Waals surface area contributed by atoms with E-state index in [1.54, 1.807) is 0 Å². The van der Waals surface area contributed by atoms with Gasteiger partial charge < -0.3 is 0 Å². The fraction of sp³-hybridized carbons (Fsp3) is 0.0667. The van der Waals surface area contributed by atoms with Gasteiger partial charge in [0.25, 0.3) is 0 Å². The van der Waals surface area contributed by atoms with Crippen LogP contribution in [0.25, 0.3) is 0 Å². The molecule has 16 heavy (non-hydrogen) atoms. The summed E-state index contributed by atoms with van der Waals surface area (Å²) < 4.78 is 0. The SMILES string of the molecule is Cc1c[c]cc(C#Cc2ccc(Cl)cc2)c1. The molecule has 0 spiro atoms. The van der Waals surface area contributed by atoms with Gasteiger partial charge in [0.1, 0.15) is 0 Å². The molecule has 0 saturated heterocycles. The quantitative estimate of drug-likeness (QED) is 0.598. The molecule has 0 amide bonds. The Labute approximate surface area is 101 Å². The predicted molar refractivity (Wildman–Crippen MR) is 67.4 cm³/mol. The minimum absolute atomic E-state index is 0.731. The lowest BCUT2D eigenvalue weighted by atomic mass is 10.1. The lowest BCUT2D eigenvalue weighted by Gasteiger charge is -1.92. The molecule has 0 aliphatic heterocycles. The monoisotopic (exact) mass is 225 g/mol. The van der Waals surface area contributed by atoms with Crippen LogP contribution in [0.5, 0.6) is 0 Å². The minimum Gasteiger partial charge on any atom is -0.0843 e. The first-order valence-corrected chi connectivity index (χ1v) is 5.37. The van der Waals surface area contributed by atoms with E-state index in [1.165, 1.54) is 5.56 Å². The third-order valence-corrected chi connectivity index (χ3v) is 2.38. The largest absolute Gasteiger partial charge is 0.0843 e. The second-order valence-corrected chi connectivity index (χ2v) is 3.99. The van der Waals surface area contributed by atoms with Crippen LogP contribution in [0.15, 0.2) is 42.5 Å². The Balaban J connectivity index is 2.25. The number of hydrogen-bond donors (Lipinski definition) is 0. The Hall–Kier alpha value is -1.71. The predicted octanol–water partition coefficient (Wildman–Crippen LogP) is 3.85. The van der Waals surface area contributed by atoms with E-state index in [-0.39, 0.29) is 0 Å². The van der Waals surface area contributed by atoms with Gasteiger partial charge in [0.05, 0.1) is 0 Å². The summed E-state index contributed by atoms with van der Waals surface area (Å²) in [6.07, 6.45) is 0. The summed E-state index contributed by atoms with van der Waals surface area (Å²) in [6.45, 7) is 2.03. The molecule has 1 heteroatoms. The van der Waals surface area contributed by atoms with Crippen LogP contribution in [-0.2, 0) is 0 Å². The zero-order valence-corrected chi connectivity index (χ0v) is 9.68. The van der Waals surface area contributed by atoms with E-state index in [9.17, 15) is 0 Å². The van der Waals surface area contributed by atoms with Gasteiger partial charge in [0.2, 0.25) is 0 Å². The van der Waals surface area contributed by atoms with E-state index in [1.807, 2.05) is 49.4 Å². The molecule has 0 atom stereocenters. The van der Waals surface area contributed by atoms with Gasteiger partial charge in [-0.3, -0.25) is 0 Å². The molecule has 0 N–H and O–H groups in total. The lowest BCUT2D eigenvalue weighted by Crippen LogP contribution is -1.77. The van der Waals surface area contributed by atoms with Crippen LogP contribution in [0.1, 0.15) is 16.7 Å². The maximum absolute atomic E-state index is 5.80. The van der Waals surface area contributed by atoms with Crippen LogP contribution in [0.2, 0.25) is 5.02 Å². The van der Waals surface area contributed by atoms with Crippen molar-refractivity contribution >= 4 is 11.6 Å². The van der Waals surface area contributed by atoms with Crippen molar-refractivity contribution in [3.8, 4) is 11.8 Å². The Morgan fingerprint density at radius 2 is 1.69 bits per heavy atom. The van der Waals surface area contributed by atoms with Crippen molar-refractivity contribution < 1.29 is 0 Å². The minimum atomic E-state index is 0.731. The van der Waals surface area contributed by atoms with Crippen LogP contribution in [-0.4, -0.2) is 0 Å². The average molecular weight is 226 g/mol. The van der Waals surface area contributed by atoms with Gasteiger partial charge in [-0.2, -0.15) is 0 Å². The molecule has 1 radical (unpaired) electrons. The molecule has 0 aliphatic rings. The van der Waals surface area contributed by atoms with E-state index < -0.39 is 0 Å². The molecule has 2 aromatic rings. The van der Waals surface area contributed by atoms with Gasteiger partial charge in [0.15, 0.2) is 0 Å². The van der Waals surface area contributed by atoms with E-state index in [0.717, 1.165) is 16.1 Å². The Morgan fingerprint density at radius 3 is 2.38 bits per heavy atom. The number of halogens is 1. The van der Waals surface area contributed by atoms with Crippen molar-refractivity contribution in [3.63, 3.8) is 0 Å². The third kappa shape index (κ3) is 2.89. The summed E-state index contributed by atoms with van der Waals surface area (Å²) >= 11 is 5.80. The molecule has 2 aromatic carbocycles. The molecule has 0 bridgehead atoms. The number of hydrogen-bond acceptors (Lipinski definition) is 0. The summed E-state index contributed by atoms with van der Waals surface area (Å²) in [4.78, 5) is 0. The molecule has 0 fully saturated rings. The molecular formula is C15H10Cl. The number of benzene rings is 2. The van der Waals surface area contributed by atoms with Gasteiger partial charge in [-0.15, -0.1) is 0 Å². The van der Waals surface area contributed by atoms with Crippen molar-refractivity contribution in [3.05, 3.63) is 70.2 Å². The van der Waals surface area contributed by atoms with Crippen molar-refractivity contribution in [2.24, 2.45) is 0 Å². The molecule has 2 rings (SSSR count). The van der Waals surface area contributed by atoms with Crippen molar-refractivity contribution in [2.45, 2.75) is 6.92 Å². The molecule has 0 aliphatic carbocycles. The van der Waals surface area contributed by atoms with Gasteiger partial charge >= 0.3 is 0 Å². The molecule has 77 valence electrons. The highest BCUT2D eigenvalue weighted by Crippen LogP contribution is 2.08. The first kappa shape index (κ1) is 10.8.